The molecular formula is C36H60N6O5S2. The van der Waals surface area contributed by atoms with E-state index in [1.807, 2.05) is 6.08 Å². The average molecular weight is 721 g/mol. The van der Waals surface area contributed by atoms with E-state index >= 15 is 0 Å². The fourth-order valence-electron chi connectivity index (χ4n) is 3.91. The molecule has 0 aromatic carbocycles. The van der Waals surface area contributed by atoms with E-state index in [-0.39, 0.29) is 18.4 Å². The van der Waals surface area contributed by atoms with Crippen LogP contribution in [0.3, 0.4) is 0 Å². The molecule has 49 heavy (non-hydrogen) atoms. The quantitative estimate of drug-likeness (QED) is 0.0211. The first kappa shape index (κ1) is 45.7. The van der Waals surface area contributed by atoms with Crippen LogP contribution < -0.4 is 21.7 Å². The Morgan fingerprint density at radius 2 is 1.31 bits per heavy atom. The minimum atomic E-state index is -1.02. The second-order valence-corrected chi connectivity index (χ2v) is 14.7. The molecule has 0 fully saturated rings. The number of carbonyl (C=O) groups excluding carboxylic acids is 3. The van der Waals surface area contributed by atoms with E-state index in [2.05, 4.69) is 89.7 Å². The molecule has 0 aliphatic heterocycles. The summed E-state index contributed by atoms with van der Waals surface area (Å²) in [4.78, 5) is 39.1. The Morgan fingerprint density at radius 3 is 1.78 bits per heavy atom. The average Bonchev–Trinajstić information content (AvgIpc) is 3.06. The van der Waals surface area contributed by atoms with Crippen LogP contribution in [0.25, 0.3) is 0 Å². The van der Waals surface area contributed by atoms with E-state index in [9.17, 15) is 24.6 Å². The molecule has 0 radical (unpaired) electrons. The van der Waals surface area contributed by atoms with Gasteiger partial charge in [0.05, 0.1) is 25.8 Å². The van der Waals surface area contributed by atoms with Gasteiger partial charge in [-0.25, -0.2) is 0 Å². The lowest BCUT2D eigenvalue weighted by atomic mass is 10.0. The summed E-state index contributed by atoms with van der Waals surface area (Å²) in [5, 5.41) is 34.4. The van der Waals surface area contributed by atoms with E-state index < -0.39 is 41.9 Å². The number of aliphatic hydroxyl groups excluding tert-OH is 2. The second-order valence-electron chi connectivity index (χ2n) is 11.6. The third-order valence-electron chi connectivity index (χ3n) is 6.76. The Labute approximate surface area is 302 Å². The van der Waals surface area contributed by atoms with Gasteiger partial charge >= 0.3 is 0 Å². The zero-order chi connectivity index (χ0) is 36.8. The maximum Gasteiger partial charge on any atom is 0.244 e. The zero-order valence-electron chi connectivity index (χ0n) is 29.7. The number of amides is 3. The number of carbonyl (C=O) groups is 3. The molecule has 0 rings (SSSR count). The van der Waals surface area contributed by atoms with Crippen molar-refractivity contribution in [2.24, 2.45) is 5.73 Å². The van der Waals surface area contributed by atoms with Gasteiger partial charge in [-0.05, 0) is 58.8 Å². The van der Waals surface area contributed by atoms with Crippen molar-refractivity contribution in [2.75, 3.05) is 39.1 Å². The molecule has 0 spiro atoms. The van der Waals surface area contributed by atoms with Gasteiger partial charge in [0.25, 0.3) is 0 Å². The second kappa shape index (κ2) is 29.6. The largest absolute Gasteiger partial charge is 0.394 e. The zero-order valence-corrected chi connectivity index (χ0v) is 31.4. The third-order valence-corrected chi connectivity index (χ3v) is 10.1. The Balaban J connectivity index is 4.38. The summed E-state index contributed by atoms with van der Waals surface area (Å²) in [6, 6.07) is -1.89. The van der Waals surface area contributed by atoms with E-state index in [4.69, 9.17) is 11.1 Å². The highest BCUT2D eigenvalue weighted by Gasteiger charge is 2.38. The molecule has 1 atom stereocenters. The van der Waals surface area contributed by atoms with Crippen LogP contribution in [0.4, 0.5) is 0 Å². The van der Waals surface area contributed by atoms with Crippen LogP contribution in [0.1, 0.15) is 72.1 Å². The van der Waals surface area contributed by atoms with Crippen LogP contribution in [0, 0.1) is 5.41 Å². The Morgan fingerprint density at radius 1 is 0.816 bits per heavy atom. The molecule has 0 aliphatic carbocycles. The van der Waals surface area contributed by atoms with Gasteiger partial charge in [-0.2, -0.15) is 0 Å². The summed E-state index contributed by atoms with van der Waals surface area (Å²) in [5.74, 6) is -0.832. The molecule has 0 bridgehead atoms. The van der Waals surface area contributed by atoms with E-state index in [0.29, 0.717) is 25.1 Å². The van der Waals surface area contributed by atoms with Crippen molar-refractivity contribution in [3.05, 3.63) is 72.9 Å². The smallest absolute Gasteiger partial charge is 0.244 e. The molecule has 11 nitrogen and oxygen atoms in total. The topological polar surface area (TPSA) is 181 Å². The summed E-state index contributed by atoms with van der Waals surface area (Å²) in [5.41, 5.74) is 5.42. The number of hydrogen-bond acceptors (Lipinski definition) is 8. The van der Waals surface area contributed by atoms with Crippen molar-refractivity contribution >= 4 is 45.3 Å². The first-order valence-corrected chi connectivity index (χ1v) is 19.1. The third kappa shape index (κ3) is 25.4. The Hall–Kier alpha value is -3.26. The molecule has 0 aliphatic rings. The molecule has 0 heterocycles. The first-order chi connectivity index (χ1) is 23.5. The molecule has 0 saturated carbocycles. The molecule has 0 aromatic heterocycles. The summed E-state index contributed by atoms with van der Waals surface area (Å²) < 4.78 is -0.811. The molecule has 1 unspecified atom stereocenters. The van der Waals surface area contributed by atoms with Gasteiger partial charge in [-0.3, -0.25) is 19.8 Å². The van der Waals surface area contributed by atoms with Gasteiger partial charge in [0.15, 0.2) is 5.96 Å². The highest BCUT2D eigenvalue weighted by molar-refractivity contribution is 8.77. The maximum absolute atomic E-state index is 13.0. The van der Waals surface area contributed by atoms with Crippen LogP contribution in [0.2, 0.25) is 0 Å². The molecule has 13 heteroatoms. The van der Waals surface area contributed by atoms with Gasteiger partial charge < -0.3 is 36.8 Å². The number of allylic oxidation sites excluding steroid dienone is 12. The Bertz CT molecular complexity index is 1130. The predicted octanol–water partition coefficient (Wildman–Crippen LogP) is 4.52. The maximum atomic E-state index is 13.0. The molecule has 3 amide bonds. The lowest BCUT2D eigenvalue weighted by Gasteiger charge is -2.34. The molecule has 8 N–H and O–H groups in total. The molecule has 0 aromatic rings. The number of nitrogens with two attached hydrogens (primary N) is 1. The number of aliphatic hydroxyl groups is 2. The first-order valence-electron chi connectivity index (χ1n) is 16.8. The molecule has 276 valence electrons. The fourth-order valence-corrected chi connectivity index (χ4v) is 6.45. The number of guanidine groups is 1. The summed E-state index contributed by atoms with van der Waals surface area (Å²) in [7, 11) is 4.31. The van der Waals surface area contributed by atoms with Crippen molar-refractivity contribution in [1.29, 1.82) is 5.41 Å². The summed E-state index contributed by atoms with van der Waals surface area (Å²) in [6.45, 7) is 5.03. The van der Waals surface area contributed by atoms with Crippen LogP contribution in [0.15, 0.2) is 72.9 Å². The lowest BCUT2D eigenvalue weighted by molar-refractivity contribution is -0.130. The fraction of sp³-hybridized carbons (Fsp3) is 0.556. The predicted molar refractivity (Wildman–Crippen MR) is 207 cm³/mol. The van der Waals surface area contributed by atoms with Gasteiger partial charge in [-0.15, -0.1) is 0 Å². The summed E-state index contributed by atoms with van der Waals surface area (Å²) in [6.07, 6.45) is 32.5. The highest BCUT2D eigenvalue weighted by atomic mass is 33.1. The Kier molecular flexibility index (Phi) is 27.7. The SMILES string of the molecule is CC/C=C\C/C=C\C/C=C\C/C=C\C/C=C\C/C=C\CCC(=O)NCCSSC(C)(C)C(NC(=O)CN(C)C(=N)N)C(=O)NC(CO)CO. The van der Waals surface area contributed by atoms with Crippen molar-refractivity contribution in [2.45, 2.75) is 89.0 Å². The van der Waals surface area contributed by atoms with Crippen LogP contribution in [0.5, 0.6) is 0 Å². The number of hydrogen-bond donors (Lipinski definition) is 7. The highest BCUT2D eigenvalue weighted by Crippen LogP contribution is 2.38. The lowest BCUT2D eigenvalue weighted by Crippen LogP contribution is -2.59. The molecular weight excluding hydrogens is 661 g/mol. The minimum Gasteiger partial charge on any atom is -0.394 e. The van der Waals surface area contributed by atoms with Crippen molar-refractivity contribution in [3.8, 4) is 0 Å². The van der Waals surface area contributed by atoms with Crippen LogP contribution in [-0.2, 0) is 14.4 Å². The number of likely N-dealkylation sites (N-methyl/N-ethyl adjacent to an activating group) is 1. The van der Waals surface area contributed by atoms with Gasteiger partial charge in [0.2, 0.25) is 17.7 Å². The van der Waals surface area contributed by atoms with Crippen LogP contribution >= 0.6 is 21.6 Å². The van der Waals surface area contributed by atoms with Crippen molar-refractivity contribution < 1.29 is 24.6 Å². The molecule has 0 saturated heterocycles. The van der Waals surface area contributed by atoms with E-state index in [1.165, 1.54) is 33.5 Å². The van der Waals surface area contributed by atoms with Crippen molar-refractivity contribution in [1.82, 2.24) is 20.9 Å². The number of rotatable bonds is 27. The van der Waals surface area contributed by atoms with Gasteiger partial charge in [0.1, 0.15) is 6.04 Å². The number of nitrogens with one attached hydrogen (secondary N) is 4. The van der Waals surface area contributed by atoms with Crippen LogP contribution in [-0.4, -0.2) is 94.7 Å². The van der Waals surface area contributed by atoms with E-state index in [0.717, 1.165) is 38.5 Å². The minimum absolute atomic E-state index is 0.0393. The van der Waals surface area contributed by atoms with Gasteiger partial charge in [-0.1, -0.05) is 101 Å². The number of nitrogens with zero attached hydrogens (tertiary/aromatic N) is 1. The normalized spacial score (nSPS) is 13.1. The van der Waals surface area contributed by atoms with Crippen molar-refractivity contribution in [3.63, 3.8) is 0 Å². The standard InChI is InChI=1S/C36H60N6O5S2/c1-5-6-7-8-9-10-11-12-13-14-15-16-17-18-19-20-21-22-23-24-31(45)39-25-26-48-49-36(2,3)33(34(47)40-30(28-43)29-44)41-32(46)27-42(4)35(37)38/h6-7,9-10,12-13,15-16,18-19,21-22,30,33,43-44H,5,8,11,14,17,20,23-29H2,1-4H3,(H3,37,38)(H,39,45)(H,40,47)(H,41,46)/b7-6-,10-9-,13-12-,16-15-,19-18-,22-21-. The van der Waals surface area contributed by atoms with E-state index in [1.54, 1.807) is 13.8 Å². The summed E-state index contributed by atoms with van der Waals surface area (Å²) >= 11 is 0. The van der Waals surface area contributed by atoms with Gasteiger partial charge in [0, 0.05) is 30.5 Å². The monoisotopic (exact) mass is 720 g/mol.